The molecule has 0 atom stereocenters. The normalized spacial score (nSPS) is 14.9. The third-order valence-electron chi connectivity index (χ3n) is 4.21. The van der Waals surface area contributed by atoms with Gasteiger partial charge in [-0.25, -0.2) is 0 Å². The number of ether oxygens (including phenoxy) is 1. The van der Waals surface area contributed by atoms with Gasteiger partial charge in [0.15, 0.2) is 0 Å². The van der Waals surface area contributed by atoms with Crippen molar-refractivity contribution in [3.8, 4) is 0 Å². The molecular formula is C20H22N2O3. The molecule has 1 N–H and O–H groups in total. The molecule has 0 spiro atoms. The Kier molecular flexibility index (Phi) is 5.58. The Hall–Kier alpha value is -2.50. The summed E-state index contributed by atoms with van der Waals surface area (Å²) in [5.74, 6) is -1.15. The molecule has 1 aliphatic rings. The molecule has 0 unspecified atom stereocenters. The molecule has 1 fully saturated rings. The highest BCUT2D eigenvalue weighted by Crippen LogP contribution is 2.14. The summed E-state index contributed by atoms with van der Waals surface area (Å²) in [6.45, 7) is 6.06. The maximum Gasteiger partial charge on any atom is 0.296 e. The summed E-state index contributed by atoms with van der Waals surface area (Å²) in [6.07, 6.45) is 0. The molecule has 1 amide bonds. The zero-order chi connectivity index (χ0) is 17.6. The van der Waals surface area contributed by atoms with Crippen molar-refractivity contribution in [3.63, 3.8) is 0 Å². The van der Waals surface area contributed by atoms with Gasteiger partial charge in [-0.1, -0.05) is 42.0 Å². The number of morpholine rings is 1. The maximum atomic E-state index is 12.2. The number of hydrogen-bond donors (Lipinski definition) is 1. The van der Waals surface area contributed by atoms with Crippen molar-refractivity contribution in [2.45, 2.75) is 13.5 Å². The number of carbonyl (C=O) groups excluding carboxylic acids is 2. The molecule has 0 saturated carbocycles. The van der Waals surface area contributed by atoms with Crippen LogP contribution in [-0.2, 0) is 16.1 Å². The van der Waals surface area contributed by atoms with Crippen molar-refractivity contribution >= 4 is 17.4 Å². The van der Waals surface area contributed by atoms with Gasteiger partial charge in [-0.15, -0.1) is 0 Å². The lowest BCUT2D eigenvalue weighted by Gasteiger charge is -2.26. The second-order valence-corrected chi connectivity index (χ2v) is 6.24. The van der Waals surface area contributed by atoms with Crippen molar-refractivity contribution in [1.29, 1.82) is 0 Å². The third-order valence-corrected chi connectivity index (χ3v) is 4.21. The Morgan fingerprint density at radius 3 is 2.52 bits per heavy atom. The van der Waals surface area contributed by atoms with Crippen LogP contribution in [0.1, 0.15) is 21.5 Å². The van der Waals surface area contributed by atoms with Gasteiger partial charge in [-0.2, -0.15) is 0 Å². The molecule has 1 heterocycles. The second kappa shape index (κ2) is 8.05. The summed E-state index contributed by atoms with van der Waals surface area (Å²) in [7, 11) is 0. The van der Waals surface area contributed by atoms with E-state index in [1.54, 1.807) is 18.2 Å². The predicted octanol–water partition coefficient (Wildman–Crippen LogP) is 2.65. The van der Waals surface area contributed by atoms with E-state index in [0.717, 1.165) is 44.0 Å². The zero-order valence-electron chi connectivity index (χ0n) is 14.3. The van der Waals surface area contributed by atoms with Gasteiger partial charge in [0, 0.05) is 30.9 Å². The van der Waals surface area contributed by atoms with E-state index in [-0.39, 0.29) is 0 Å². The SMILES string of the molecule is Cc1ccc(C(=O)C(=O)Nc2cccc(CN3CCOCC3)c2)cc1. The van der Waals surface area contributed by atoms with Crippen LogP contribution in [0.5, 0.6) is 0 Å². The van der Waals surface area contributed by atoms with Gasteiger partial charge in [0.1, 0.15) is 0 Å². The highest BCUT2D eigenvalue weighted by atomic mass is 16.5. The molecule has 1 aliphatic heterocycles. The number of amides is 1. The summed E-state index contributed by atoms with van der Waals surface area (Å²) in [4.78, 5) is 26.7. The first kappa shape index (κ1) is 17.3. The second-order valence-electron chi connectivity index (χ2n) is 6.24. The average molecular weight is 338 g/mol. The summed E-state index contributed by atoms with van der Waals surface area (Å²) >= 11 is 0. The number of Topliss-reactive ketones (excluding diaryl/α,β-unsaturated/α-hetero) is 1. The Morgan fingerprint density at radius 2 is 1.80 bits per heavy atom. The number of hydrogen-bond acceptors (Lipinski definition) is 4. The lowest BCUT2D eigenvalue weighted by Crippen LogP contribution is -2.35. The number of ketones is 1. The standard InChI is InChI=1S/C20H22N2O3/c1-15-5-7-17(8-6-15)19(23)20(24)21-18-4-2-3-16(13-18)14-22-9-11-25-12-10-22/h2-8,13H,9-12,14H2,1H3,(H,21,24). The van der Waals surface area contributed by atoms with Crippen LogP contribution in [0.25, 0.3) is 0 Å². The number of benzene rings is 2. The summed E-state index contributed by atoms with van der Waals surface area (Å²) in [5.41, 5.74) is 3.18. The predicted molar refractivity (Wildman–Crippen MR) is 96.7 cm³/mol. The maximum absolute atomic E-state index is 12.2. The van der Waals surface area contributed by atoms with Crippen molar-refractivity contribution in [2.75, 3.05) is 31.6 Å². The molecule has 5 heteroatoms. The fourth-order valence-electron chi connectivity index (χ4n) is 2.79. The first-order chi connectivity index (χ1) is 12.1. The Labute approximate surface area is 147 Å². The highest BCUT2D eigenvalue weighted by Gasteiger charge is 2.16. The number of nitrogens with zero attached hydrogens (tertiary/aromatic N) is 1. The number of rotatable bonds is 5. The number of carbonyl (C=O) groups is 2. The van der Waals surface area contributed by atoms with Crippen molar-refractivity contribution in [3.05, 3.63) is 65.2 Å². The fraction of sp³-hybridized carbons (Fsp3) is 0.300. The summed E-state index contributed by atoms with van der Waals surface area (Å²) < 4.78 is 5.35. The van der Waals surface area contributed by atoms with Crippen LogP contribution < -0.4 is 5.32 Å². The van der Waals surface area contributed by atoms with Gasteiger partial charge in [0.25, 0.3) is 11.7 Å². The summed E-state index contributed by atoms with van der Waals surface area (Å²) in [5, 5.41) is 2.70. The molecule has 3 rings (SSSR count). The molecule has 0 aromatic heterocycles. The molecule has 0 bridgehead atoms. The van der Waals surface area contributed by atoms with E-state index in [2.05, 4.69) is 10.2 Å². The molecule has 25 heavy (non-hydrogen) atoms. The van der Waals surface area contributed by atoms with Crippen LogP contribution in [0.4, 0.5) is 5.69 Å². The lowest BCUT2D eigenvalue weighted by molar-refractivity contribution is -0.112. The fourth-order valence-corrected chi connectivity index (χ4v) is 2.79. The van der Waals surface area contributed by atoms with Gasteiger partial charge in [-0.05, 0) is 24.6 Å². The highest BCUT2D eigenvalue weighted by molar-refractivity contribution is 6.46. The van der Waals surface area contributed by atoms with E-state index in [9.17, 15) is 9.59 Å². The van der Waals surface area contributed by atoms with Crippen LogP contribution in [-0.4, -0.2) is 42.9 Å². The van der Waals surface area contributed by atoms with Crippen LogP contribution >= 0.6 is 0 Å². The van der Waals surface area contributed by atoms with Gasteiger partial charge in [0.05, 0.1) is 13.2 Å². The van der Waals surface area contributed by atoms with Crippen molar-refractivity contribution in [2.24, 2.45) is 0 Å². The average Bonchev–Trinajstić information content (AvgIpc) is 2.63. The minimum absolute atomic E-state index is 0.396. The molecule has 0 radical (unpaired) electrons. The molecule has 2 aromatic carbocycles. The largest absolute Gasteiger partial charge is 0.379 e. The first-order valence-electron chi connectivity index (χ1n) is 8.43. The third kappa shape index (κ3) is 4.75. The molecule has 5 nitrogen and oxygen atoms in total. The van der Waals surface area contributed by atoms with Crippen LogP contribution in [0.2, 0.25) is 0 Å². The van der Waals surface area contributed by atoms with Gasteiger partial charge < -0.3 is 10.1 Å². The van der Waals surface area contributed by atoms with Crippen LogP contribution in [0, 0.1) is 6.92 Å². The Balaban J connectivity index is 1.63. The number of nitrogens with one attached hydrogen (secondary N) is 1. The van der Waals surface area contributed by atoms with E-state index < -0.39 is 11.7 Å². The molecule has 130 valence electrons. The smallest absolute Gasteiger partial charge is 0.296 e. The number of aryl methyl sites for hydroxylation is 1. The van der Waals surface area contributed by atoms with E-state index in [4.69, 9.17) is 4.74 Å². The monoisotopic (exact) mass is 338 g/mol. The van der Waals surface area contributed by atoms with Crippen molar-refractivity contribution in [1.82, 2.24) is 4.90 Å². The lowest BCUT2D eigenvalue weighted by atomic mass is 10.1. The molecule has 2 aromatic rings. The van der Waals surface area contributed by atoms with Gasteiger partial charge >= 0.3 is 0 Å². The minimum Gasteiger partial charge on any atom is -0.379 e. The van der Waals surface area contributed by atoms with Gasteiger partial charge in [0.2, 0.25) is 0 Å². The first-order valence-corrected chi connectivity index (χ1v) is 8.43. The molecule has 1 saturated heterocycles. The van der Waals surface area contributed by atoms with E-state index in [1.807, 2.05) is 37.3 Å². The summed E-state index contributed by atoms with van der Waals surface area (Å²) in [6, 6.07) is 14.6. The Bertz CT molecular complexity index is 750. The topological polar surface area (TPSA) is 58.6 Å². The zero-order valence-corrected chi connectivity index (χ0v) is 14.3. The molecular weight excluding hydrogens is 316 g/mol. The Morgan fingerprint density at radius 1 is 1.08 bits per heavy atom. The van der Waals surface area contributed by atoms with Gasteiger partial charge in [-0.3, -0.25) is 14.5 Å². The minimum atomic E-state index is -0.618. The molecule has 0 aliphatic carbocycles. The van der Waals surface area contributed by atoms with Crippen LogP contribution in [0.15, 0.2) is 48.5 Å². The van der Waals surface area contributed by atoms with E-state index >= 15 is 0 Å². The van der Waals surface area contributed by atoms with E-state index in [1.165, 1.54) is 0 Å². The number of anilines is 1. The quantitative estimate of drug-likeness (QED) is 0.673. The van der Waals surface area contributed by atoms with E-state index in [0.29, 0.717) is 11.3 Å². The van der Waals surface area contributed by atoms with Crippen LogP contribution in [0.3, 0.4) is 0 Å². The van der Waals surface area contributed by atoms with Crippen molar-refractivity contribution < 1.29 is 14.3 Å².